The molecule has 0 saturated heterocycles. The number of nitrogens with zero attached hydrogens (tertiary/aromatic N) is 2. The lowest BCUT2D eigenvalue weighted by molar-refractivity contribution is 0.0834. The van der Waals surface area contributed by atoms with Crippen molar-refractivity contribution < 1.29 is 18.3 Å². The minimum atomic E-state index is -2.57. The van der Waals surface area contributed by atoms with Crippen molar-refractivity contribution in [1.29, 1.82) is 0 Å². The molecule has 19 heavy (non-hydrogen) atoms. The Morgan fingerprint density at radius 2 is 2.16 bits per heavy atom. The summed E-state index contributed by atoms with van der Waals surface area (Å²) >= 11 is 0. The molecule has 1 aromatic heterocycles. The van der Waals surface area contributed by atoms with Crippen LogP contribution >= 0.6 is 0 Å². The van der Waals surface area contributed by atoms with E-state index in [0.717, 1.165) is 10.5 Å². The number of aromatic nitrogens is 1. The van der Waals surface area contributed by atoms with Crippen molar-refractivity contribution in [2.75, 3.05) is 26.8 Å². The highest BCUT2D eigenvalue weighted by molar-refractivity contribution is 5.74. The number of alkyl halides is 2. The third kappa shape index (κ3) is 6.10. The van der Waals surface area contributed by atoms with Crippen LogP contribution in [-0.2, 0) is 11.3 Å². The average Bonchev–Trinajstić information content (AvgIpc) is 2.41. The monoisotopic (exact) mass is 273 g/mol. The van der Waals surface area contributed by atoms with Gasteiger partial charge in [0.15, 0.2) is 0 Å². The number of carbonyl (C=O) groups excluding carboxylic acids is 1. The predicted molar refractivity (Wildman–Crippen MR) is 65.9 cm³/mol. The molecular formula is C12H17F2N3O2. The summed E-state index contributed by atoms with van der Waals surface area (Å²) in [7, 11) is 1.45. The van der Waals surface area contributed by atoms with Gasteiger partial charge in [-0.3, -0.25) is 4.98 Å². The first-order chi connectivity index (χ1) is 9.13. The quantitative estimate of drug-likeness (QED) is 0.819. The van der Waals surface area contributed by atoms with Gasteiger partial charge in [0, 0.05) is 32.6 Å². The smallest absolute Gasteiger partial charge is 0.317 e. The first kappa shape index (κ1) is 15.3. The molecule has 0 aliphatic carbocycles. The number of nitrogens with one attached hydrogen (secondary N) is 1. The standard InChI is InChI=1S/C12H17F2N3O2/c1-19-7-6-17(9-11(13)14)12(18)16-8-10-2-4-15-5-3-10/h2-5,11H,6-9H2,1H3,(H,16,18). The van der Waals surface area contributed by atoms with Gasteiger partial charge in [-0.25, -0.2) is 13.6 Å². The summed E-state index contributed by atoms with van der Waals surface area (Å²) < 4.78 is 29.5. The number of urea groups is 1. The summed E-state index contributed by atoms with van der Waals surface area (Å²) in [6, 6.07) is 2.95. The maximum atomic E-state index is 12.4. The van der Waals surface area contributed by atoms with E-state index in [9.17, 15) is 13.6 Å². The van der Waals surface area contributed by atoms with Crippen LogP contribution in [0.15, 0.2) is 24.5 Å². The van der Waals surface area contributed by atoms with Crippen LogP contribution < -0.4 is 5.32 Å². The van der Waals surface area contributed by atoms with E-state index < -0.39 is 19.0 Å². The molecule has 0 aromatic carbocycles. The van der Waals surface area contributed by atoms with Crippen LogP contribution in [-0.4, -0.2) is 49.1 Å². The summed E-state index contributed by atoms with van der Waals surface area (Å²) in [6.07, 6.45) is 0.635. The van der Waals surface area contributed by atoms with Gasteiger partial charge in [-0.15, -0.1) is 0 Å². The molecule has 0 aliphatic heterocycles. The molecular weight excluding hydrogens is 256 g/mol. The fourth-order valence-electron chi connectivity index (χ4n) is 1.43. The number of ether oxygens (including phenoxy) is 1. The number of amides is 2. The van der Waals surface area contributed by atoms with Crippen LogP contribution in [0.25, 0.3) is 0 Å². The maximum Gasteiger partial charge on any atom is 0.317 e. The molecule has 2 amide bonds. The van der Waals surface area contributed by atoms with Crippen molar-refractivity contribution in [2.45, 2.75) is 13.0 Å². The number of carbonyl (C=O) groups is 1. The minimum absolute atomic E-state index is 0.128. The van der Waals surface area contributed by atoms with E-state index in [0.29, 0.717) is 0 Å². The molecule has 0 radical (unpaired) electrons. The Labute approximate surface area is 110 Å². The molecule has 0 atom stereocenters. The fraction of sp³-hybridized carbons (Fsp3) is 0.500. The van der Waals surface area contributed by atoms with Gasteiger partial charge < -0.3 is 15.0 Å². The Bertz CT molecular complexity index is 376. The van der Waals surface area contributed by atoms with E-state index in [2.05, 4.69) is 10.3 Å². The Hall–Kier alpha value is -1.76. The molecule has 0 bridgehead atoms. The van der Waals surface area contributed by atoms with Crippen LogP contribution in [0.3, 0.4) is 0 Å². The Morgan fingerprint density at radius 3 is 2.74 bits per heavy atom. The van der Waals surface area contributed by atoms with Crippen molar-refractivity contribution in [3.05, 3.63) is 30.1 Å². The zero-order valence-electron chi connectivity index (χ0n) is 10.7. The zero-order chi connectivity index (χ0) is 14.1. The molecule has 0 unspecified atom stereocenters. The molecule has 1 rings (SSSR count). The number of rotatable bonds is 7. The Kier molecular flexibility index (Phi) is 6.73. The van der Waals surface area contributed by atoms with Gasteiger partial charge in [0.1, 0.15) is 0 Å². The van der Waals surface area contributed by atoms with Gasteiger partial charge in [0.25, 0.3) is 6.43 Å². The van der Waals surface area contributed by atoms with Crippen LogP contribution in [0.2, 0.25) is 0 Å². The molecule has 1 N–H and O–H groups in total. The third-order valence-corrected chi connectivity index (χ3v) is 2.40. The van der Waals surface area contributed by atoms with Crippen molar-refractivity contribution in [1.82, 2.24) is 15.2 Å². The van der Waals surface area contributed by atoms with E-state index in [1.54, 1.807) is 24.5 Å². The molecule has 7 heteroatoms. The second-order valence-corrected chi connectivity index (χ2v) is 3.84. The van der Waals surface area contributed by atoms with Crippen LogP contribution in [0.4, 0.5) is 13.6 Å². The van der Waals surface area contributed by atoms with E-state index in [1.165, 1.54) is 7.11 Å². The van der Waals surface area contributed by atoms with Crippen LogP contribution in [0.1, 0.15) is 5.56 Å². The van der Waals surface area contributed by atoms with Crippen molar-refractivity contribution >= 4 is 6.03 Å². The van der Waals surface area contributed by atoms with E-state index in [1.807, 2.05) is 0 Å². The second-order valence-electron chi connectivity index (χ2n) is 3.84. The summed E-state index contributed by atoms with van der Waals surface area (Å²) in [4.78, 5) is 16.7. The number of hydrogen-bond acceptors (Lipinski definition) is 3. The molecule has 5 nitrogen and oxygen atoms in total. The predicted octanol–water partition coefficient (Wildman–Crippen LogP) is 1.50. The van der Waals surface area contributed by atoms with Gasteiger partial charge >= 0.3 is 6.03 Å². The fourth-order valence-corrected chi connectivity index (χ4v) is 1.43. The second kappa shape index (κ2) is 8.36. The highest BCUT2D eigenvalue weighted by atomic mass is 19.3. The number of halogens is 2. The summed E-state index contributed by atoms with van der Waals surface area (Å²) in [5.41, 5.74) is 0.854. The SMILES string of the molecule is COCCN(CC(F)F)C(=O)NCc1ccncc1. The zero-order valence-corrected chi connectivity index (χ0v) is 10.7. The van der Waals surface area contributed by atoms with Crippen LogP contribution in [0.5, 0.6) is 0 Å². The molecule has 1 aromatic rings. The summed E-state index contributed by atoms with van der Waals surface area (Å²) in [5, 5.41) is 2.58. The van der Waals surface area contributed by atoms with Gasteiger partial charge in [0.2, 0.25) is 0 Å². The van der Waals surface area contributed by atoms with Gasteiger partial charge in [-0.05, 0) is 17.7 Å². The molecule has 0 aliphatic rings. The Morgan fingerprint density at radius 1 is 1.47 bits per heavy atom. The minimum Gasteiger partial charge on any atom is -0.383 e. The van der Waals surface area contributed by atoms with E-state index >= 15 is 0 Å². The summed E-state index contributed by atoms with van der Waals surface area (Å²) in [5.74, 6) is 0. The summed E-state index contributed by atoms with van der Waals surface area (Å²) in [6.45, 7) is 0.0119. The van der Waals surface area contributed by atoms with Gasteiger partial charge in [0.05, 0.1) is 13.2 Å². The van der Waals surface area contributed by atoms with Gasteiger partial charge in [-0.2, -0.15) is 0 Å². The molecule has 1 heterocycles. The largest absolute Gasteiger partial charge is 0.383 e. The molecule has 0 saturated carbocycles. The van der Waals surface area contributed by atoms with Crippen molar-refractivity contribution in [3.8, 4) is 0 Å². The van der Waals surface area contributed by atoms with Crippen LogP contribution in [0, 0.1) is 0 Å². The van der Waals surface area contributed by atoms with Gasteiger partial charge in [-0.1, -0.05) is 0 Å². The third-order valence-electron chi connectivity index (χ3n) is 2.40. The first-order valence-electron chi connectivity index (χ1n) is 5.82. The Balaban J connectivity index is 2.46. The normalized spacial score (nSPS) is 10.5. The molecule has 0 fully saturated rings. The molecule has 106 valence electrons. The average molecular weight is 273 g/mol. The highest BCUT2D eigenvalue weighted by Crippen LogP contribution is 2.01. The number of hydrogen-bond donors (Lipinski definition) is 1. The lowest BCUT2D eigenvalue weighted by atomic mass is 10.3. The molecule has 0 spiro atoms. The number of methoxy groups -OCH3 is 1. The first-order valence-corrected chi connectivity index (χ1v) is 5.82. The maximum absolute atomic E-state index is 12.4. The van der Waals surface area contributed by atoms with E-state index in [-0.39, 0.29) is 19.7 Å². The lowest BCUT2D eigenvalue weighted by Crippen LogP contribution is -2.43. The number of pyridine rings is 1. The lowest BCUT2D eigenvalue weighted by Gasteiger charge is -2.22. The van der Waals surface area contributed by atoms with Crippen molar-refractivity contribution in [2.24, 2.45) is 0 Å². The van der Waals surface area contributed by atoms with E-state index in [4.69, 9.17) is 4.74 Å². The highest BCUT2D eigenvalue weighted by Gasteiger charge is 2.17. The van der Waals surface area contributed by atoms with Crippen molar-refractivity contribution in [3.63, 3.8) is 0 Å². The topological polar surface area (TPSA) is 54.5 Å².